The first kappa shape index (κ1) is 21.5. The Morgan fingerprint density at radius 3 is 2.59 bits per heavy atom. The van der Waals surface area contributed by atoms with E-state index in [1.54, 1.807) is 37.4 Å². The highest BCUT2D eigenvalue weighted by Crippen LogP contribution is 2.33. The molecule has 0 saturated carbocycles. The van der Waals surface area contributed by atoms with Crippen LogP contribution >= 0.6 is 0 Å². The maximum atomic E-state index is 10.8. The average Bonchev–Trinajstić information content (AvgIpc) is 3.53. The van der Waals surface area contributed by atoms with E-state index in [-0.39, 0.29) is 5.88 Å². The maximum absolute atomic E-state index is 10.8. The number of nitrogens with zero attached hydrogens (tertiary/aromatic N) is 7. The molecule has 5 aromatic heterocycles. The Morgan fingerprint density at radius 2 is 1.85 bits per heavy atom. The Bertz CT molecular complexity index is 1480. The van der Waals surface area contributed by atoms with Gasteiger partial charge in [-0.15, -0.1) is 0 Å². The average molecular weight is 460 g/mol. The van der Waals surface area contributed by atoms with Gasteiger partial charge in [0, 0.05) is 29.8 Å². The van der Waals surface area contributed by atoms with Crippen molar-refractivity contribution in [3.63, 3.8) is 0 Å². The van der Waals surface area contributed by atoms with E-state index in [9.17, 15) is 5.11 Å². The molecule has 0 atom stereocenters. The Morgan fingerprint density at radius 1 is 1.00 bits per heavy atom. The zero-order chi connectivity index (χ0) is 23.8. The highest BCUT2D eigenvalue weighted by molar-refractivity contribution is 5.87. The Labute approximate surface area is 196 Å². The summed E-state index contributed by atoms with van der Waals surface area (Å²) in [6.07, 6.45) is 7.09. The van der Waals surface area contributed by atoms with Gasteiger partial charge < -0.3 is 14.6 Å². The lowest BCUT2D eigenvalue weighted by Crippen LogP contribution is -2.10. The molecule has 0 aliphatic rings. The van der Waals surface area contributed by atoms with Crippen LogP contribution in [0.15, 0.2) is 49.1 Å². The molecule has 0 fully saturated rings. The maximum Gasteiger partial charge on any atom is 0.256 e. The molecule has 5 rings (SSSR count). The molecule has 0 saturated heterocycles. The van der Waals surface area contributed by atoms with Crippen LogP contribution in [0, 0.1) is 13.8 Å². The van der Waals surface area contributed by atoms with Gasteiger partial charge in [0.25, 0.3) is 5.88 Å². The normalized spacial score (nSPS) is 11.3. The summed E-state index contributed by atoms with van der Waals surface area (Å²) in [5.74, 6) is 1.04. The Balaban J connectivity index is 1.42. The van der Waals surface area contributed by atoms with Crippen LogP contribution in [-0.4, -0.2) is 53.4 Å². The van der Waals surface area contributed by atoms with E-state index in [0.717, 1.165) is 22.6 Å². The van der Waals surface area contributed by atoms with Crippen LogP contribution in [0.3, 0.4) is 0 Å². The number of fused-ring (bicyclic) bond motifs is 1. The highest BCUT2D eigenvalue weighted by atomic mass is 16.5. The van der Waals surface area contributed by atoms with Crippen LogP contribution in [0.4, 0.5) is 0 Å². The number of rotatable bonds is 7. The number of pyridine rings is 2. The van der Waals surface area contributed by atoms with Crippen molar-refractivity contribution in [2.75, 3.05) is 14.2 Å². The van der Waals surface area contributed by atoms with Gasteiger partial charge in [-0.05, 0) is 38.1 Å². The summed E-state index contributed by atoms with van der Waals surface area (Å²) in [4.78, 5) is 9.01. The van der Waals surface area contributed by atoms with Gasteiger partial charge in [-0.2, -0.15) is 10.2 Å². The van der Waals surface area contributed by atoms with E-state index in [4.69, 9.17) is 14.5 Å². The largest absolute Gasteiger partial charge is 0.494 e. The number of aromatic nitrogens is 7. The summed E-state index contributed by atoms with van der Waals surface area (Å²) in [5.41, 5.74) is 5.00. The quantitative estimate of drug-likeness (QED) is 0.397. The van der Waals surface area contributed by atoms with Crippen LogP contribution in [0.25, 0.3) is 27.8 Å². The molecular formula is C24H25N7O3. The molecule has 5 aromatic rings. The molecule has 1 N–H and O–H groups in total. The van der Waals surface area contributed by atoms with E-state index in [1.807, 2.05) is 47.6 Å². The zero-order valence-electron chi connectivity index (χ0n) is 19.4. The van der Waals surface area contributed by atoms with Crippen molar-refractivity contribution in [3.8, 4) is 34.5 Å². The molecule has 174 valence electrons. The molecule has 0 amide bonds. The lowest BCUT2D eigenvalue weighted by Gasteiger charge is -2.08. The third kappa shape index (κ3) is 3.83. The fourth-order valence-electron chi connectivity index (χ4n) is 4.00. The molecule has 0 bridgehead atoms. The second-order valence-electron chi connectivity index (χ2n) is 8.00. The van der Waals surface area contributed by atoms with E-state index in [0.29, 0.717) is 41.3 Å². The number of aryl methyl sites for hydroxylation is 4. The second kappa shape index (κ2) is 8.54. The van der Waals surface area contributed by atoms with Gasteiger partial charge in [-0.1, -0.05) is 0 Å². The van der Waals surface area contributed by atoms with Crippen molar-refractivity contribution in [1.82, 2.24) is 34.1 Å². The first-order valence-corrected chi connectivity index (χ1v) is 10.8. The van der Waals surface area contributed by atoms with Crippen molar-refractivity contribution in [3.05, 3.63) is 60.4 Å². The number of ether oxygens (including phenoxy) is 2. The molecule has 0 unspecified atom stereocenters. The van der Waals surface area contributed by atoms with Crippen LogP contribution in [0.2, 0.25) is 0 Å². The van der Waals surface area contributed by atoms with Gasteiger partial charge in [-0.3, -0.25) is 13.9 Å². The minimum absolute atomic E-state index is 0.109. The van der Waals surface area contributed by atoms with Crippen molar-refractivity contribution >= 4 is 10.9 Å². The van der Waals surface area contributed by atoms with Crippen molar-refractivity contribution in [2.45, 2.75) is 26.9 Å². The summed E-state index contributed by atoms with van der Waals surface area (Å²) in [5, 5.41) is 20.4. The van der Waals surface area contributed by atoms with Crippen molar-refractivity contribution < 1.29 is 14.6 Å². The molecule has 10 nitrogen and oxygen atoms in total. The van der Waals surface area contributed by atoms with Gasteiger partial charge >= 0.3 is 0 Å². The Hall–Kier alpha value is -4.34. The van der Waals surface area contributed by atoms with Crippen LogP contribution < -0.4 is 9.47 Å². The molecule has 0 aliphatic heterocycles. The lowest BCUT2D eigenvalue weighted by molar-refractivity contribution is 0.343. The summed E-state index contributed by atoms with van der Waals surface area (Å²) in [6.45, 7) is 5.40. The van der Waals surface area contributed by atoms with Gasteiger partial charge in [-0.25, -0.2) is 9.97 Å². The van der Waals surface area contributed by atoms with Gasteiger partial charge in [0.2, 0.25) is 5.88 Å². The monoisotopic (exact) mass is 459 g/mol. The summed E-state index contributed by atoms with van der Waals surface area (Å²) in [6, 6.07) is 7.56. The summed E-state index contributed by atoms with van der Waals surface area (Å²) in [7, 11) is 3.11. The van der Waals surface area contributed by atoms with Crippen LogP contribution in [0.1, 0.15) is 11.4 Å². The summed E-state index contributed by atoms with van der Waals surface area (Å²) >= 11 is 0. The van der Waals surface area contributed by atoms with Crippen LogP contribution in [-0.2, 0) is 13.1 Å². The molecular weight excluding hydrogens is 434 g/mol. The third-order valence-electron chi connectivity index (χ3n) is 5.71. The van der Waals surface area contributed by atoms with Gasteiger partial charge in [0.15, 0.2) is 5.75 Å². The standard InChI is InChI=1S/C24H25N7O3/c1-15-9-16(2)31(28-15)8-7-29-13-18(12-26-29)30-14-21-19(24(30)32)5-6-20(27-21)17-10-22(33-3)23(34-4)25-11-17/h5-6,9-14,32H,7-8H2,1-4H3. The first-order chi connectivity index (χ1) is 16.5. The number of aromatic hydroxyl groups is 1. The molecule has 0 spiro atoms. The third-order valence-corrected chi connectivity index (χ3v) is 5.71. The molecule has 34 heavy (non-hydrogen) atoms. The molecule has 0 aromatic carbocycles. The smallest absolute Gasteiger partial charge is 0.256 e. The lowest BCUT2D eigenvalue weighted by atomic mass is 10.1. The molecule has 0 aliphatic carbocycles. The van der Waals surface area contributed by atoms with E-state index in [2.05, 4.69) is 21.2 Å². The SMILES string of the molecule is COc1cc(-c2ccc3c(O)n(-c4cnn(CCn5nc(C)cc5C)c4)cc3n2)cnc1OC. The minimum Gasteiger partial charge on any atom is -0.494 e. The molecule has 0 radical (unpaired) electrons. The van der Waals surface area contributed by atoms with Crippen molar-refractivity contribution in [2.24, 2.45) is 0 Å². The van der Waals surface area contributed by atoms with Crippen LogP contribution in [0.5, 0.6) is 17.5 Å². The number of methoxy groups -OCH3 is 2. The highest BCUT2D eigenvalue weighted by Gasteiger charge is 2.15. The second-order valence-corrected chi connectivity index (χ2v) is 8.00. The number of hydrogen-bond acceptors (Lipinski definition) is 7. The predicted molar refractivity (Wildman–Crippen MR) is 127 cm³/mol. The van der Waals surface area contributed by atoms with Gasteiger partial charge in [0.1, 0.15) is 0 Å². The fraction of sp³-hybridized carbons (Fsp3) is 0.250. The first-order valence-electron chi connectivity index (χ1n) is 10.8. The zero-order valence-corrected chi connectivity index (χ0v) is 19.4. The fourth-order valence-corrected chi connectivity index (χ4v) is 4.00. The molecule has 5 heterocycles. The number of hydrogen-bond donors (Lipinski definition) is 1. The topological polar surface area (TPSA) is 105 Å². The molecule has 10 heteroatoms. The van der Waals surface area contributed by atoms with E-state index < -0.39 is 0 Å². The van der Waals surface area contributed by atoms with Crippen molar-refractivity contribution in [1.29, 1.82) is 0 Å². The summed E-state index contributed by atoms with van der Waals surface area (Å²) < 4.78 is 16.0. The van der Waals surface area contributed by atoms with E-state index in [1.165, 1.54) is 0 Å². The predicted octanol–water partition coefficient (Wildman–Crippen LogP) is 3.52. The Kier molecular flexibility index (Phi) is 5.40. The minimum atomic E-state index is 0.109. The van der Waals surface area contributed by atoms with Gasteiger partial charge in [0.05, 0.1) is 61.5 Å². The van der Waals surface area contributed by atoms with E-state index >= 15 is 0 Å².